The Balaban J connectivity index is 0.000000184. The molecule has 1 heterocycles. The Morgan fingerprint density at radius 1 is 1.31 bits per heavy atom. The molecule has 0 spiro atoms. The smallest absolute Gasteiger partial charge is 0.345 e. The van der Waals surface area contributed by atoms with E-state index < -0.39 is 8.25 Å². The molecule has 2 rings (SSSR count). The van der Waals surface area contributed by atoms with E-state index in [2.05, 4.69) is 9.97 Å². The summed E-state index contributed by atoms with van der Waals surface area (Å²) in [5, 5.41) is 0. The molecule has 1 aromatic carbocycles. The Morgan fingerprint density at radius 2 is 1.92 bits per heavy atom. The molecule has 68 valence electrons. The zero-order valence-corrected chi connectivity index (χ0v) is 7.48. The van der Waals surface area contributed by atoms with Gasteiger partial charge in [0.2, 0.25) is 0 Å². The number of imidazole rings is 1. The van der Waals surface area contributed by atoms with Crippen LogP contribution in [0.15, 0.2) is 30.6 Å². The summed E-state index contributed by atoms with van der Waals surface area (Å²) in [5.74, 6) is 0. The first-order valence-electron chi connectivity index (χ1n) is 3.43. The SMILES string of the molecule is O=[P+](O)O.c1ccc2[nH]cnc2c1. The van der Waals surface area contributed by atoms with Crippen LogP contribution in [0.3, 0.4) is 0 Å². The highest BCUT2D eigenvalue weighted by atomic mass is 31.1. The maximum Gasteiger partial charge on any atom is 0.692 e. The first-order chi connectivity index (χ1) is 6.20. The number of hydrogen-bond donors (Lipinski definition) is 3. The molecule has 0 unspecified atom stereocenters. The molecule has 3 N–H and O–H groups in total. The van der Waals surface area contributed by atoms with E-state index >= 15 is 0 Å². The van der Waals surface area contributed by atoms with Crippen LogP contribution in [-0.2, 0) is 4.57 Å². The molecule has 1 aromatic heterocycles. The number of aromatic amines is 1. The Kier molecular flexibility index (Phi) is 3.52. The number of H-pyrrole nitrogens is 1. The van der Waals surface area contributed by atoms with Crippen LogP contribution in [0.5, 0.6) is 0 Å². The zero-order chi connectivity index (χ0) is 9.68. The molecule has 0 saturated heterocycles. The Bertz CT molecular complexity index is 367. The minimum Gasteiger partial charge on any atom is -0.345 e. The van der Waals surface area contributed by atoms with Crippen LogP contribution < -0.4 is 0 Å². The topological polar surface area (TPSA) is 86.2 Å². The fourth-order valence-corrected chi connectivity index (χ4v) is 0.880. The second kappa shape index (κ2) is 4.67. The number of benzene rings is 1. The summed E-state index contributed by atoms with van der Waals surface area (Å²) in [6.45, 7) is 0. The average Bonchev–Trinajstić information content (AvgIpc) is 2.49. The van der Waals surface area contributed by atoms with Crippen molar-refractivity contribution in [2.75, 3.05) is 0 Å². The van der Waals surface area contributed by atoms with Gasteiger partial charge in [-0.2, -0.15) is 0 Å². The second-order valence-electron chi connectivity index (χ2n) is 2.17. The lowest BCUT2D eigenvalue weighted by molar-refractivity contribution is 0.405. The van der Waals surface area contributed by atoms with Crippen molar-refractivity contribution in [2.45, 2.75) is 0 Å². The molecule has 5 nitrogen and oxygen atoms in total. The van der Waals surface area contributed by atoms with E-state index in [1.165, 1.54) is 0 Å². The van der Waals surface area contributed by atoms with Gasteiger partial charge < -0.3 is 4.98 Å². The number of aromatic nitrogens is 2. The summed E-state index contributed by atoms with van der Waals surface area (Å²) in [5.41, 5.74) is 2.12. The third-order valence-corrected chi connectivity index (χ3v) is 1.33. The van der Waals surface area contributed by atoms with Crippen LogP contribution in [0.2, 0.25) is 0 Å². The molecule has 0 radical (unpaired) electrons. The molecule has 2 aromatic rings. The van der Waals surface area contributed by atoms with Gasteiger partial charge in [-0.3, -0.25) is 0 Å². The standard InChI is InChI=1S/C7H6N2.HO3P/c1-2-4-7-6(3-1)8-5-9-7;1-4(2)3/h1-5H,(H,8,9);(H-,1,2,3)/p+1. The van der Waals surface area contributed by atoms with Crippen LogP contribution in [0, 0.1) is 0 Å². The van der Waals surface area contributed by atoms with E-state index in [0.717, 1.165) is 11.0 Å². The van der Waals surface area contributed by atoms with Gasteiger partial charge in [0.1, 0.15) is 0 Å². The largest absolute Gasteiger partial charge is 0.692 e. The van der Waals surface area contributed by atoms with Crippen molar-refractivity contribution in [1.82, 2.24) is 9.97 Å². The van der Waals surface area contributed by atoms with Gasteiger partial charge in [-0.15, -0.1) is 9.79 Å². The van der Waals surface area contributed by atoms with Crippen molar-refractivity contribution in [2.24, 2.45) is 0 Å². The molecule has 0 fully saturated rings. The fraction of sp³-hybridized carbons (Fsp3) is 0. The van der Waals surface area contributed by atoms with Gasteiger partial charge >= 0.3 is 8.25 Å². The van der Waals surface area contributed by atoms with Crippen molar-refractivity contribution in [1.29, 1.82) is 0 Å². The summed E-state index contributed by atoms with van der Waals surface area (Å²) in [6.07, 6.45) is 1.70. The van der Waals surface area contributed by atoms with Crippen LogP contribution in [0.1, 0.15) is 0 Å². The summed E-state index contributed by atoms with van der Waals surface area (Å²) in [6, 6.07) is 7.94. The molecule has 0 aliphatic rings. The lowest BCUT2D eigenvalue weighted by Crippen LogP contribution is -1.63. The number of fused-ring (bicyclic) bond motifs is 1. The van der Waals surface area contributed by atoms with E-state index in [4.69, 9.17) is 14.4 Å². The van der Waals surface area contributed by atoms with E-state index in [1.807, 2.05) is 24.3 Å². The van der Waals surface area contributed by atoms with Gasteiger partial charge in [-0.05, 0) is 12.1 Å². The van der Waals surface area contributed by atoms with Gasteiger partial charge in [0.05, 0.1) is 17.4 Å². The van der Waals surface area contributed by atoms with Crippen molar-refractivity contribution < 1.29 is 14.4 Å². The molecule has 13 heavy (non-hydrogen) atoms. The monoisotopic (exact) mass is 199 g/mol. The Labute approximate surface area is 75.0 Å². The van der Waals surface area contributed by atoms with E-state index in [0.29, 0.717) is 0 Å². The lowest BCUT2D eigenvalue weighted by atomic mass is 10.3. The molecule has 0 aliphatic heterocycles. The van der Waals surface area contributed by atoms with Crippen LogP contribution in [-0.4, -0.2) is 19.8 Å². The van der Waals surface area contributed by atoms with Gasteiger partial charge in [-0.1, -0.05) is 12.1 Å². The number of para-hydroxylation sites is 2. The summed E-state index contributed by atoms with van der Waals surface area (Å²) in [4.78, 5) is 21.3. The molecule has 0 amide bonds. The third-order valence-electron chi connectivity index (χ3n) is 1.33. The van der Waals surface area contributed by atoms with Crippen LogP contribution in [0.4, 0.5) is 0 Å². The maximum atomic E-state index is 8.70. The number of nitrogens with zero attached hydrogens (tertiary/aromatic N) is 1. The number of hydrogen-bond acceptors (Lipinski definition) is 2. The number of nitrogens with one attached hydrogen (secondary N) is 1. The van der Waals surface area contributed by atoms with Gasteiger partial charge in [0, 0.05) is 4.57 Å². The molecular weight excluding hydrogens is 191 g/mol. The van der Waals surface area contributed by atoms with E-state index in [9.17, 15) is 0 Å². The highest BCUT2D eigenvalue weighted by Crippen LogP contribution is 2.05. The Morgan fingerprint density at radius 3 is 2.54 bits per heavy atom. The molecule has 6 heteroatoms. The van der Waals surface area contributed by atoms with Crippen molar-refractivity contribution >= 4 is 19.3 Å². The van der Waals surface area contributed by atoms with Gasteiger partial charge in [0.15, 0.2) is 0 Å². The van der Waals surface area contributed by atoms with Crippen LogP contribution >= 0.6 is 8.25 Å². The molecule has 0 atom stereocenters. The van der Waals surface area contributed by atoms with Crippen molar-refractivity contribution in [3.05, 3.63) is 30.6 Å². The first kappa shape index (κ1) is 9.80. The minimum atomic E-state index is -2.87. The average molecular weight is 199 g/mol. The second-order valence-corrected chi connectivity index (χ2v) is 2.68. The molecule has 0 bridgehead atoms. The molecule has 0 aliphatic carbocycles. The summed E-state index contributed by atoms with van der Waals surface area (Å²) >= 11 is 0. The maximum absolute atomic E-state index is 8.70. The quantitative estimate of drug-likeness (QED) is 0.556. The van der Waals surface area contributed by atoms with Crippen molar-refractivity contribution in [3.8, 4) is 0 Å². The predicted octanol–water partition coefficient (Wildman–Crippen LogP) is 1.19. The first-order valence-corrected chi connectivity index (χ1v) is 4.60. The summed E-state index contributed by atoms with van der Waals surface area (Å²) in [7, 11) is -2.87. The normalized spacial score (nSPS) is 9.08. The van der Waals surface area contributed by atoms with Gasteiger partial charge in [0.25, 0.3) is 0 Å². The fourth-order valence-electron chi connectivity index (χ4n) is 0.880. The lowest BCUT2D eigenvalue weighted by Gasteiger charge is -1.81. The minimum absolute atomic E-state index is 1.03. The molecule has 0 saturated carbocycles. The highest BCUT2D eigenvalue weighted by Gasteiger charge is 1.93. The van der Waals surface area contributed by atoms with E-state index in [1.54, 1.807) is 6.33 Å². The third kappa shape index (κ3) is 3.29. The highest BCUT2D eigenvalue weighted by molar-refractivity contribution is 7.30. The van der Waals surface area contributed by atoms with Crippen LogP contribution in [0.25, 0.3) is 11.0 Å². The van der Waals surface area contributed by atoms with Crippen molar-refractivity contribution in [3.63, 3.8) is 0 Å². The van der Waals surface area contributed by atoms with Gasteiger partial charge in [-0.25, -0.2) is 4.98 Å². The predicted molar refractivity (Wildman–Crippen MR) is 48.1 cm³/mol. The Hall–Kier alpha value is -1.29. The molecular formula is C7H8N2O3P+. The zero-order valence-electron chi connectivity index (χ0n) is 6.58. The summed E-state index contributed by atoms with van der Waals surface area (Å²) < 4.78 is 8.70. The number of rotatable bonds is 0. The van der Waals surface area contributed by atoms with E-state index in [-0.39, 0.29) is 0 Å².